The molecule has 1 fully saturated rings. The van der Waals surface area contributed by atoms with Gasteiger partial charge in [-0.25, -0.2) is 18.1 Å². The normalized spacial score (nSPS) is 25.0. The van der Waals surface area contributed by atoms with Crippen molar-refractivity contribution in [3.63, 3.8) is 0 Å². The Morgan fingerprint density at radius 3 is 3.05 bits per heavy atom. The number of benzene rings is 1. The molecule has 0 saturated carbocycles. The molecule has 1 atom stereocenters. The number of fused-ring (bicyclic) bond motifs is 1. The van der Waals surface area contributed by atoms with Crippen LogP contribution in [0.3, 0.4) is 0 Å². The minimum Gasteiger partial charge on any atom is -0.497 e. The van der Waals surface area contributed by atoms with Crippen LogP contribution >= 0.6 is 0 Å². The smallest absolute Gasteiger partial charge is 0.266 e. The van der Waals surface area contributed by atoms with Crippen LogP contribution in [0.4, 0.5) is 5.69 Å². The maximum Gasteiger partial charge on any atom is 0.266 e. The van der Waals surface area contributed by atoms with Crippen LogP contribution in [0, 0.1) is 0 Å². The van der Waals surface area contributed by atoms with Gasteiger partial charge in [0, 0.05) is 12.7 Å². The molecule has 0 aromatic heterocycles. The zero-order valence-corrected chi connectivity index (χ0v) is 12.4. The largest absolute Gasteiger partial charge is 0.497 e. The standard InChI is InChI=1S/C13H17N3O4S/c1-19-9-4-5-11-12(7-9)21(17,18)16-13(15-11)14-8-10-3-2-6-20-10/h4-5,7,10H,2-3,6,8H2,1H3,(H2,14,15,16). The van der Waals surface area contributed by atoms with Gasteiger partial charge in [-0.2, -0.15) is 0 Å². The zero-order chi connectivity index (χ0) is 14.9. The summed E-state index contributed by atoms with van der Waals surface area (Å²) in [6.07, 6.45) is 2.05. The van der Waals surface area contributed by atoms with E-state index in [1.165, 1.54) is 13.2 Å². The van der Waals surface area contributed by atoms with Crippen LogP contribution in [0.15, 0.2) is 28.1 Å². The third kappa shape index (κ3) is 2.96. The summed E-state index contributed by atoms with van der Waals surface area (Å²) in [5.74, 6) is 0.712. The molecule has 1 aromatic rings. The molecule has 1 aromatic carbocycles. The molecule has 1 saturated heterocycles. The molecule has 0 bridgehead atoms. The van der Waals surface area contributed by atoms with E-state index in [2.05, 4.69) is 15.0 Å². The Labute approximate surface area is 123 Å². The van der Waals surface area contributed by atoms with E-state index in [0.717, 1.165) is 19.4 Å². The summed E-state index contributed by atoms with van der Waals surface area (Å²) in [4.78, 5) is 4.41. The highest BCUT2D eigenvalue weighted by Gasteiger charge is 2.27. The molecule has 3 rings (SSSR count). The summed E-state index contributed by atoms with van der Waals surface area (Å²) in [5.41, 5.74) is 0.487. The number of methoxy groups -OCH3 is 1. The van der Waals surface area contributed by atoms with Gasteiger partial charge in [-0.3, -0.25) is 0 Å². The number of anilines is 1. The highest BCUT2D eigenvalue weighted by Crippen LogP contribution is 2.28. The van der Waals surface area contributed by atoms with E-state index in [4.69, 9.17) is 9.47 Å². The topological polar surface area (TPSA) is 89.0 Å². The summed E-state index contributed by atoms with van der Waals surface area (Å²) in [5, 5.41) is 2.98. The predicted octanol–water partition coefficient (Wildman–Crippen LogP) is 0.934. The Kier molecular flexibility index (Phi) is 3.73. The number of sulfonamides is 1. The molecule has 21 heavy (non-hydrogen) atoms. The molecule has 0 aliphatic carbocycles. The third-order valence-electron chi connectivity index (χ3n) is 3.44. The lowest BCUT2D eigenvalue weighted by Crippen LogP contribution is -2.41. The number of hydrogen-bond acceptors (Lipinski definition) is 5. The summed E-state index contributed by atoms with van der Waals surface area (Å²) in [6, 6.07) is 4.83. The number of guanidine groups is 1. The van der Waals surface area contributed by atoms with Gasteiger partial charge in [0.2, 0.25) is 5.96 Å². The Bertz CT molecular complexity index is 666. The average molecular weight is 311 g/mol. The van der Waals surface area contributed by atoms with Crippen molar-refractivity contribution in [1.82, 2.24) is 4.72 Å². The van der Waals surface area contributed by atoms with Gasteiger partial charge in [0.25, 0.3) is 10.0 Å². The van der Waals surface area contributed by atoms with Crippen LogP contribution in [-0.2, 0) is 14.8 Å². The fraction of sp³-hybridized carbons (Fsp3) is 0.462. The summed E-state index contributed by atoms with van der Waals surface area (Å²) in [7, 11) is -2.14. The first-order valence-electron chi connectivity index (χ1n) is 6.72. The van der Waals surface area contributed by atoms with Crippen LogP contribution in [0.25, 0.3) is 0 Å². The monoisotopic (exact) mass is 311 g/mol. The second-order valence-electron chi connectivity index (χ2n) is 4.92. The van der Waals surface area contributed by atoms with Crippen molar-refractivity contribution in [2.24, 2.45) is 4.99 Å². The van der Waals surface area contributed by atoms with Crippen LogP contribution in [0.5, 0.6) is 5.75 Å². The fourth-order valence-corrected chi connectivity index (χ4v) is 3.50. The number of rotatable bonds is 3. The van der Waals surface area contributed by atoms with E-state index in [0.29, 0.717) is 18.0 Å². The van der Waals surface area contributed by atoms with Gasteiger partial charge < -0.3 is 14.8 Å². The van der Waals surface area contributed by atoms with E-state index in [1.807, 2.05) is 0 Å². The van der Waals surface area contributed by atoms with Crippen molar-refractivity contribution < 1.29 is 17.9 Å². The molecule has 1 unspecified atom stereocenters. The second-order valence-corrected chi connectivity index (χ2v) is 6.57. The molecule has 2 aliphatic heterocycles. The van der Waals surface area contributed by atoms with Crippen LogP contribution in [-0.4, -0.2) is 40.7 Å². The SMILES string of the molecule is COc1ccc2c(c1)S(=O)(=O)NC(=NCC1CCCO1)N2. The average Bonchev–Trinajstić information content (AvgIpc) is 2.97. The molecule has 0 spiro atoms. The quantitative estimate of drug-likeness (QED) is 0.867. The Balaban J connectivity index is 1.84. The van der Waals surface area contributed by atoms with Crippen molar-refractivity contribution in [2.75, 3.05) is 25.6 Å². The zero-order valence-electron chi connectivity index (χ0n) is 11.6. The van der Waals surface area contributed by atoms with Crippen molar-refractivity contribution in [3.05, 3.63) is 18.2 Å². The number of nitrogens with one attached hydrogen (secondary N) is 2. The van der Waals surface area contributed by atoms with E-state index in [-0.39, 0.29) is 17.0 Å². The van der Waals surface area contributed by atoms with E-state index >= 15 is 0 Å². The highest BCUT2D eigenvalue weighted by molar-refractivity contribution is 7.90. The molecule has 8 heteroatoms. The van der Waals surface area contributed by atoms with Gasteiger partial charge >= 0.3 is 0 Å². The van der Waals surface area contributed by atoms with Gasteiger partial charge in [0.05, 0.1) is 25.4 Å². The first-order chi connectivity index (χ1) is 10.1. The van der Waals surface area contributed by atoms with Crippen molar-refractivity contribution >= 4 is 21.7 Å². The number of hydrogen-bond donors (Lipinski definition) is 2. The van der Waals surface area contributed by atoms with Gasteiger partial charge in [-0.15, -0.1) is 0 Å². The second kappa shape index (κ2) is 5.53. The molecule has 0 radical (unpaired) electrons. The van der Waals surface area contributed by atoms with Gasteiger partial charge in [-0.1, -0.05) is 0 Å². The lowest BCUT2D eigenvalue weighted by Gasteiger charge is -2.22. The summed E-state index contributed by atoms with van der Waals surface area (Å²) >= 11 is 0. The molecule has 7 nitrogen and oxygen atoms in total. The Morgan fingerprint density at radius 2 is 2.33 bits per heavy atom. The first kappa shape index (κ1) is 14.2. The van der Waals surface area contributed by atoms with Crippen LogP contribution < -0.4 is 14.8 Å². The molecular formula is C13H17N3O4S. The summed E-state index contributed by atoms with van der Waals surface area (Å²) in [6.45, 7) is 1.19. The van der Waals surface area contributed by atoms with E-state index in [1.54, 1.807) is 12.1 Å². The van der Waals surface area contributed by atoms with Gasteiger partial charge in [0.1, 0.15) is 10.6 Å². The van der Waals surface area contributed by atoms with Crippen molar-refractivity contribution in [3.8, 4) is 5.75 Å². The molecular weight excluding hydrogens is 294 g/mol. The Hall–Kier alpha value is -1.80. The maximum absolute atomic E-state index is 12.2. The molecule has 114 valence electrons. The van der Waals surface area contributed by atoms with E-state index in [9.17, 15) is 8.42 Å². The Morgan fingerprint density at radius 1 is 1.48 bits per heavy atom. The van der Waals surface area contributed by atoms with Crippen molar-refractivity contribution in [1.29, 1.82) is 0 Å². The fourth-order valence-electron chi connectivity index (χ4n) is 2.34. The minimum atomic E-state index is -3.63. The van der Waals surface area contributed by atoms with Gasteiger partial charge in [-0.05, 0) is 25.0 Å². The molecule has 0 amide bonds. The number of aliphatic imine (C=N–C) groups is 1. The maximum atomic E-state index is 12.2. The first-order valence-corrected chi connectivity index (χ1v) is 8.21. The number of ether oxygens (including phenoxy) is 2. The lowest BCUT2D eigenvalue weighted by molar-refractivity contribution is 0.118. The van der Waals surface area contributed by atoms with Gasteiger partial charge in [0.15, 0.2) is 0 Å². The highest BCUT2D eigenvalue weighted by atomic mass is 32.2. The number of nitrogens with zero attached hydrogens (tertiary/aromatic N) is 1. The third-order valence-corrected chi connectivity index (χ3v) is 4.82. The molecule has 2 N–H and O–H groups in total. The lowest BCUT2D eigenvalue weighted by atomic mass is 10.2. The molecule has 2 aliphatic rings. The van der Waals surface area contributed by atoms with Crippen LogP contribution in [0.1, 0.15) is 12.8 Å². The minimum absolute atomic E-state index is 0.0704. The summed E-state index contributed by atoms with van der Waals surface area (Å²) < 4.78 is 37.4. The predicted molar refractivity (Wildman–Crippen MR) is 78.2 cm³/mol. The van der Waals surface area contributed by atoms with Crippen molar-refractivity contribution in [2.45, 2.75) is 23.8 Å². The van der Waals surface area contributed by atoms with Crippen LogP contribution in [0.2, 0.25) is 0 Å². The van der Waals surface area contributed by atoms with E-state index < -0.39 is 10.0 Å². The molecule has 2 heterocycles.